The number of halogens is 2. The number of hydrogen-bond acceptors (Lipinski definition) is 8. The molecule has 2 N–H and O–H groups in total. The van der Waals surface area contributed by atoms with Crippen LogP contribution in [0.15, 0.2) is 158 Å². The van der Waals surface area contributed by atoms with Crippen molar-refractivity contribution in [3.05, 3.63) is 203 Å². The summed E-state index contributed by atoms with van der Waals surface area (Å²) in [7, 11) is 0. The summed E-state index contributed by atoms with van der Waals surface area (Å²) in [6, 6.07) is 49.7. The van der Waals surface area contributed by atoms with Gasteiger partial charge in [-0.25, -0.2) is 8.78 Å². The number of amides is 4. The summed E-state index contributed by atoms with van der Waals surface area (Å²) in [5, 5.41) is 8.54. The van der Waals surface area contributed by atoms with Crippen molar-refractivity contribution in [3.8, 4) is 11.5 Å². The summed E-state index contributed by atoms with van der Waals surface area (Å²) in [5.41, 5.74) is 7.16. The van der Waals surface area contributed by atoms with E-state index in [2.05, 4.69) is 69.0 Å². The number of carbonyl (C=O) groups is 4. The van der Waals surface area contributed by atoms with Gasteiger partial charge in [-0.15, -0.1) is 0 Å². The van der Waals surface area contributed by atoms with Gasteiger partial charge in [-0.05, 0) is 158 Å². The van der Waals surface area contributed by atoms with Crippen molar-refractivity contribution in [2.24, 2.45) is 0 Å². The van der Waals surface area contributed by atoms with Crippen molar-refractivity contribution in [3.63, 3.8) is 0 Å². The second-order valence-electron chi connectivity index (χ2n) is 20.5. The van der Waals surface area contributed by atoms with Gasteiger partial charge in [-0.1, -0.05) is 109 Å². The highest BCUT2D eigenvalue weighted by Crippen LogP contribution is 2.35. The van der Waals surface area contributed by atoms with Gasteiger partial charge in [-0.3, -0.25) is 19.2 Å². The summed E-state index contributed by atoms with van der Waals surface area (Å²) < 4.78 is 37.7. The monoisotopic (exact) mass is 1050 g/mol. The molecule has 0 atom stereocenters. The molecule has 0 unspecified atom stereocenters. The Labute approximate surface area is 454 Å². The second kappa shape index (κ2) is 25.5. The van der Waals surface area contributed by atoms with E-state index < -0.39 is 11.6 Å². The van der Waals surface area contributed by atoms with Crippen molar-refractivity contribution >= 4 is 45.8 Å². The number of fused-ring (bicyclic) bond motifs is 3. The number of piperidine rings is 2. The minimum atomic E-state index is -0.883. The van der Waals surface area contributed by atoms with Crippen molar-refractivity contribution in [2.75, 3.05) is 88.5 Å². The van der Waals surface area contributed by atoms with E-state index in [1.54, 1.807) is 0 Å². The van der Waals surface area contributed by atoms with Crippen LogP contribution in [0.25, 0.3) is 10.8 Å². The normalized spacial score (nSPS) is 16.1. The third-order valence-corrected chi connectivity index (χ3v) is 15.6. The molecular formula is C64H66F2N6O6. The van der Waals surface area contributed by atoms with Crippen molar-refractivity contribution in [1.29, 1.82) is 0 Å². The van der Waals surface area contributed by atoms with Crippen molar-refractivity contribution in [1.82, 2.24) is 20.4 Å². The van der Waals surface area contributed by atoms with Crippen LogP contribution < -0.4 is 29.9 Å². The number of nitrogens with one attached hydrogen (secondary N) is 2. The lowest BCUT2D eigenvalue weighted by Gasteiger charge is -2.35. The topological polar surface area (TPSA) is 124 Å². The fraction of sp³-hybridized carbons (Fsp3) is 0.312. The fourth-order valence-corrected chi connectivity index (χ4v) is 11.3. The van der Waals surface area contributed by atoms with Gasteiger partial charge in [0.1, 0.15) is 11.5 Å². The molecule has 7 aromatic carbocycles. The van der Waals surface area contributed by atoms with Crippen molar-refractivity contribution < 1.29 is 37.4 Å². The quantitative estimate of drug-likeness (QED) is 0.0981. The highest BCUT2D eigenvalue weighted by molar-refractivity contribution is 5.99. The number of rotatable bonds is 16. The number of hydrogen-bond donors (Lipinski definition) is 2. The zero-order valence-electron chi connectivity index (χ0n) is 43.9. The molecule has 0 spiro atoms. The SMILES string of the molecule is O=C(NCCc1ccc(F)c(F)c1)c1ccccc1C1CCN(CCN2C(=O)COc3ccccc32)CC1.O=C(NCCc1ccc2ccccc2c1)c1ccccc1C1CCN(CCN2C(=O)COc3ccccc32)CC1. The average Bonchev–Trinajstić information content (AvgIpc) is 3.52. The average molecular weight is 1050 g/mol. The van der Waals surface area contributed by atoms with Gasteiger partial charge in [0.05, 0.1) is 11.4 Å². The summed E-state index contributed by atoms with van der Waals surface area (Å²) in [6.45, 7) is 7.63. The highest BCUT2D eigenvalue weighted by Gasteiger charge is 2.30. The van der Waals surface area contributed by atoms with Gasteiger partial charge in [0.25, 0.3) is 23.6 Å². The van der Waals surface area contributed by atoms with Gasteiger partial charge < -0.3 is 39.7 Å². The van der Waals surface area contributed by atoms with Crippen LogP contribution >= 0.6 is 0 Å². The number of benzene rings is 7. The molecule has 4 amide bonds. The molecule has 4 aliphatic rings. The van der Waals surface area contributed by atoms with E-state index in [9.17, 15) is 28.0 Å². The lowest BCUT2D eigenvalue weighted by molar-refractivity contribution is -0.122. The minimum absolute atomic E-state index is 0.00307. The summed E-state index contributed by atoms with van der Waals surface area (Å²) in [6.07, 6.45) is 5.05. The molecule has 0 saturated carbocycles. The summed E-state index contributed by atoms with van der Waals surface area (Å²) in [4.78, 5) is 59.6. The molecule has 12 nitrogen and oxygen atoms in total. The lowest BCUT2D eigenvalue weighted by Crippen LogP contribution is -2.45. The van der Waals surface area contributed by atoms with E-state index in [1.165, 1.54) is 22.4 Å². The first-order valence-electron chi connectivity index (χ1n) is 27.3. The third-order valence-electron chi connectivity index (χ3n) is 15.6. The third kappa shape index (κ3) is 13.1. The molecule has 78 heavy (non-hydrogen) atoms. The zero-order valence-corrected chi connectivity index (χ0v) is 43.9. The first-order chi connectivity index (χ1) is 38.1. The van der Waals surface area contributed by atoms with Gasteiger partial charge in [0.2, 0.25) is 0 Å². The van der Waals surface area contributed by atoms with Gasteiger partial charge in [0, 0.05) is 50.4 Å². The van der Waals surface area contributed by atoms with Crippen LogP contribution in [0.5, 0.6) is 11.5 Å². The molecule has 14 heteroatoms. The van der Waals surface area contributed by atoms with Crippen LogP contribution in [0, 0.1) is 11.6 Å². The second-order valence-corrected chi connectivity index (χ2v) is 20.5. The highest BCUT2D eigenvalue weighted by atomic mass is 19.2. The van der Waals surface area contributed by atoms with E-state index in [0.29, 0.717) is 49.6 Å². The van der Waals surface area contributed by atoms with Gasteiger partial charge in [-0.2, -0.15) is 0 Å². The Balaban J connectivity index is 0.000000177. The molecule has 0 bridgehead atoms. The van der Waals surface area contributed by atoms with E-state index in [-0.39, 0.29) is 42.8 Å². The molecule has 0 aromatic heterocycles. The van der Waals surface area contributed by atoms with E-state index in [0.717, 1.165) is 123 Å². The van der Waals surface area contributed by atoms with E-state index in [1.807, 2.05) is 101 Å². The molecular weight excluding hydrogens is 987 g/mol. The Morgan fingerprint density at radius 1 is 0.474 bits per heavy atom. The Bertz CT molecular complexity index is 3250. The van der Waals surface area contributed by atoms with Gasteiger partial charge >= 0.3 is 0 Å². The van der Waals surface area contributed by atoms with E-state index >= 15 is 0 Å². The Kier molecular flexibility index (Phi) is 17.5. The number of carbonyl (C=O) groups excluding carboxylic acids is 4. The van der Waals surface area contributed by atoms with E-state index in [4.69, 9.17) is 9.47 Å². The molecule has 7 aromatic rings. The molecule has 2 fully saturated rings. The number of nitrogens with zero attached hydrogens (tertiary/aromatic N) is 4. The lowest BCUT2D eigenvalue weighted by atomic mass is 9.86. The van der Waals surface area contributed by atoms with Crippen molar-refractivity contribution in [2.45, 2.75) is 50.4 Å². The predicted molar refractivity (Wildman–Crippen MR) is 301 cm³/mol. The smallest absolute Gasteiger partial charge is 0.265 e. The zero-order chi connectivity index (χ0) is 53.8. The molecule has 11 rings (SSSR count). The Morgan fingerprint density at radius 3 is 1.42 bits per heavy atom. The standard InChI is InChI=1S/C34H35N3O3.C30H31F2N3O3/c38-33-24-40-32-12-6-5-11-31(32)37(33)22-21-36-19-16-27(17-20-36)29-9-3-4-10-30(29)34(39)35-18-15-25-13-14-26-7-1-2-8-28(26)23-25;31-25-10-9-21(19-26(25)32)11-14-33-30(37)24-6-2-1-5-23(24)22-12-15-34(16-13-22)17-18-35-27-7-3-4-8-28(27)38-20-29(35)36/h1-14,23,27H,15-22,24H2,(H,35,39);1-10,19,22H,11-18,20H2,(H,33,37). The largest absolute Gasteiger partial charge is 0.482 e. The van der Waals surface area contributed by atoms with Crippen LogP contribution in [0.4, 0.5) is 20.2 Å². The fourth-order valence-electron chi connectivity index (χ4n) is 11.3. The van der Waals surface area contributed by atoms with Gasteiger partial charge in [0.15, 0.2) is 24.8 Å². The maximum atomic E-state index is 13.4. The van der Waals surface area contributed by atoms with Crippen LogP contribution in [0.2, 0.25) is 0 Å². The first kappa shape index (κ1) is 53.5. The predicted octanol–water partition coefficient (Wildman–Crippen LogP) is 9.96. The minimum Gasteiger partial charge on any atom is -0.482 e. The Morgan fingerprint density at radius 2 is 0.910 bits per heavy atom. The van der Waals surface area contributed by atoms with Crippen LogP contribution in [0.1, 0.15) is 80.5 Å². The number of ether oxygens (including phenoxy) is 2. The van der Waals surface area contributed by atoms with Crippen LogP contribution in [0.3, 0.4) is 0 Å². The molecule has 0 radical (unpaired) electrons. The van der Waals surface area contributed by atoms with Crippen LogP contribution in [-0.2, 0) is 22.4 Å². The molecule has 4 heterocycles. The molecule has 4 aliphatic heterocycles. The number of para-hydroxylation sites is 4. The number of likely N-dealkylation sites (tertiary alicyclic amines) is 2. The maximum Gasteiger partial charge on any atom is 0.265 e. The Hall–Kier alpha value is -7.94. The first-order valence-corrected chi connectivity index (χ1v) is 27.3. The summed E-state index contributed by atoms with van der Waals surface area (Å²) in [5.74, 6) is 0.202. The van der Waals surface area contributed by atoms with Crippen LogP contribution in [-0.4, -0.2) is 112 Å². The molecule has 0 aliphatic carbocycles. The molecule has 2 saturated heterocycles. The summed E-state index contributed by atoms with van der Waals surface area (Å²) >= 11 is 0. The number of anilines is 2. The maximum absolute atomic E-state index is 13.4. The molecule has 402 valence electrons.